The smallest absolute Gasteiger partial charge is 0.434 e. The summed E-state index contributed by atoms with van der Waals surface area (Å²) in [7, 11) is 0. The van der Waals surface area contributed by atoms with Gasteiger partial charge in [-0.1, -0.05) is 0 Å². The number of hydrogen-bond acceptors (Lipinski definition) is 3. The van der Waals surface area contributed by atoms with Crippen molar-refractivity contribution in [3.05, 3.63) is 23.8 Å². The van der Waals surface area contributed by atoms with Gasteiger partial charge in [0, 0.05) is 6.20 Å². The molecular formula is C7H5F3N2O2. The number of nitrogens with zero attached hydrogens (tertiary/aromatic N) is 2. The maximum absolute atomic E-state index is 12.0. The molecule has 76 valence electrons. The minimum Gasteiger partial charge on any atom is -0.481 e. The minimum absolute atomic E-state index is 0.00880. The highest BCUT2D eigenvalue weighted by Crippen LogP contribution is 2.26. The summed E-state index contributed by atoms with van der Waals surface area (Å²) in [6, 6.07) is 0. The van der Waals surface area contributed by atoms with Gasteiger partial charge in [0.2, 0.25) is 0 Å². The lowest BCUT2D eigenvalue weighted by Crippen LogP contribution is -2.10. The second-order valence-electron chi connectivity index (χ2n) is 2.46. The SMILES string of the molecule is O=C(O)Cc1cnc(C(F)(F)F)cn1. The summed E-state index contributed by atoms with van der Waals surface area (Å²) in [5, 5.41) is 8.31. The van der Waals surface area contributed by atoms with E-state index in [4.69, 9.17) is 5.11 Å². The van der Waals surface area contributed by atoms with E-state index in [1.165, 1.54) is 0 Å². The number of aromatic nitrogens is 2. The zero-order valence-electron chi connectivity index (χ0n) is 6.75. The fourth-order valence-electron chi connectivity index (χ4n) is 0.747. The van der Waals surface area contributed by atoms with Crippen LogP contribution in [0.5, 0.6) is 0 Å². The average molecular weight is 206 g/mol. The molecule has 0 saturated carbocycles. The van der Waals surface area contributed by atoms with Crippen molar-refractivity contribution in [1.29, 1.82) is 0 Å². The van der Waals surface area contributed by atoms with Crippen molar-refractivity contribution >= 4 is 5.97 Å². The molecule has 14 heavy (non-hydrogen) atoms. The van der Waals surface area contributed by atoms with Crippen LogP contribution in [-0.2, 0) is 17.4 Å². The van der Waals surface area contributed by atoms with Gasteiger partial charge in [0.05, 0.1) is 18.3 Å². The standard InChI is InChI=1S/C7H5F3N2O2/c8-7(9,10)5-3-11-4(2-12-5)1-6(13)14/h2-3H,1H2,(H,13,14). The van der Waals surface area contributed by atoms with Gasteiger partial charge < -0.3 is 5.11 Å². The quantitative estimate of drug-likeness (QED) is 0.787. The Balaban J connectivity index is 2.84. The van der Waals surface area contributed by atoms with Crippen LogP contribution in [0.1, 0.15) is 11.4 Å². The summed E-state index contributed by atoms with van der Waals surface area (Å²) in [5.74, 6) is -1.17. The zero-order valence-corrected chi connectivity index (χ0v) is 6.75. The highest BCUT2D eigenvalue weighted by molar-refractivity contribution is 5.69. The Bertz CT molecular complexity index is 334. The van der Waals surface area contributed by atoms with E-state index in [-0.39, 0.29) is 5.69 Å². The van der Waals surface area contributed by atoms with Crippen molar-refractivity contribution in [2.45, 2.75) is 12.6 Å². The number of carboxylic acids is 1. The fourth-order valence-corrected chi connectivity index (χ4v) is 0.747. The summed E-state index contributed by atoms with van der Waals surface area (Å²) in [6.07, 6.45) is -3.67. The van der Waals surface area contributed by atoms with Gasteiger partial charge in [-0.25, -0.2) is 4.98 Å². The molecule has 1 N–H and O–H groups in total. The molecule has 0 amide bonds. The maximum Gasteiger partial charge on any atom is 0.434 e. The lowest BCUT2D eigenvalue weighted by atomic mass is 10.3. The van der Waals surface area contributed by atoms with E-state index in [0.29, 0.717) is 6.20 Å². The highest BCUT2D eigenvalue weighted by atomic mass is 19.4. The first-order chi connectivity index (χ1) is 6.39. The first kappa shape index (κ1) is 10.4. The van der Waals surface area contributed by atoms with Gasteiger partial charge in [0.15, 0.2) is 5.69 Å². The first-order valence-electron chi connectivity index (χ1n) is 3.49. The summed E-state index contributed by atoms with van der Waals surface area (Å²) in [6.45, 7) is 0. The molecule has 0 aliphatic heterocycles. The Kier molecular flexibility index (Phi) is 2.68. The largest absolute Gasteiger partial charge is 0.481 e. The van der Waals surface area contributed by atoms with E-state index in [0.717, 1.165) is 6.20 Å². The van der Waals surface area contributed by atoms with Crippen molar-refractivity contribution < 1.29 is 23.1 Å². The van der Waals surface area contributed by atoms with Crippen molar-refractivity contribution in [3.63, 3.8) is 0 Å². The Labute approximate surface area is 76.4 Å². The van der Waals surface area contributed by atoms with Gasteiger partial charge in [-0.15, -0.1) is 0 Å². The number of carbonyl (C=O) groups is 1. The third-order valence-corrected chi connectivity index (χ3v) is 1.33. The third-order valence-electron chi connectivity index (χ3n) is 1.33. The van der Waals surface area contributed by atoms with E-state index in [1.54, 1.807) is 0 Å². The predicted octanol–water partition coefficient (Wildman–Crippen LogP) is 1.12. The summed E-state index contributed by atoms with van der Waals surface area (Å²) >= 11 is 0. The van der Waals surface area contributed by atoms with Crippen LogP contribution >= 0.6 is 0 Å². The second-order valence-corrected chi connectivity index (χ2v) is 2.46. The fraction of sp³-hybridized carbons (Fsp3) is 0.286. The van der Waals surface area contributed by atoms with Gasteiger partial charge in [0.1, 0.15) is 0 Å². The van der Waals surface area contributed by atoms with E-state index >= 15 is 0 Å². The molecule has 0 unspecified atom stereocenters. The first-order valence-corrected chi connectivity index (χ1v) is 3.49. The molecule has 1 aromatic rings. The van der Waals surface area contributed by atoms with Crippen molar-refractivity contribution in [2.75, 3.05) is 0 Å². The van der Waals surface area contributed by atoms with Crippen molar-refractivity contribution in [1.82, 2.24) is 9.97 Å². The number of hydrogen-bond donors (Lipinski definition) is 1. The van der Waals surface area contributed by atoms with E-state index in [9.17, 15) is 18.0 Å². The number of rotatable bonds is 2. The monoisotopic (exact) mass is 206 g/mol. The van der Waals surface area contributed by atoms with E-state index in [1.807, 2.05) is 0 Å². The molecule has 0 atom stereocenters. The molecule has 7 heteroatoms. The van der Waals surface area contributed by atoms with Crippen molar-refractivity contribution in [3.8, 4) is 0 Å². The molecule has 0 aromatic carbocycles. The summed E-state index contributed by atoms with van der Waals surface area (Å²) < 4.78 is 35.9. The Morgan fingerprint density at radius 1 is 1.36 bits per heavy atom. The summed E-state index contributed by atoms with van der Waals surface area (Å²) in [4.78, 5) is 16.5. The van der Waals surface area contributed by atoms with Crippen LogP contribution in [0.15, 0.2) is 12.4 Å². The molecule has 0 bridgehead atoms. The van der Waals surface area contributed by atoms with Crippen LogP contribution in [0.3, 0.4) is 0 Å². The number of halogens is 3. The summed E-state index contributed by atoms with van der Waals surface area (Å²) in [5.41, 5.74) is -1.14. The average Bonchev–Trinajstić information content (AvgIpc) is 2.02. The lowest BCUT2D eigenvalue weighted by Gasteiger charge is -2.04. The normalized spacial score (nSPS) is 11.4. The predicted molar refractivity (Wildman–Crippen MR) is 38.4 cm³/mol. The molecule has 1 rings (SSSR count). The van der Waals surface area contributed by atoms with E-state index in [2.05, 4.69) is 9.97 Å². The van der Waals surface area contributed by atoms with Gasteiger partial charge >= 0.3 is 12.1 Å². The molecule has 1 aromatic heterocycles. The van der Waals surface area contributed by atoms with Crippen LogP contribution in [0.2, 0.25) is 0 Å². The molecule has 0 spiro atoms. The Hall–Kier alpha value is -1.66. The minimum atomic E-state index is -4.55. The van der Waals surface area contributed by atoms with Crippen LogP contribution in [0, 0.1) is 0 Å². The van der Waals surface area contributed by atoms with Crippen LogP contribution in [0.25, 0.3) is 0 Å². The second kappa shape index (κ2) is 3.60. The maximum atomic E-state index is 12.0. The molecule has 4 nitrogen and oxygen atoms in total. The van der Waals surface area contributed by atoms with Gasteiger partial charge in [-0.05, 0) is 0 Å². The van der Waals surface area contributed by atoms with Crippen LogP contribution in [-0.4, -0.2) is 21.0 Å². The van der Waals surface area contributed by atoms with Gasteiger partial charge in [-0.2, -0.15) is 13.2 Å². The Morgan fingerprint density at radius 3 is 2.36 bits per heavy atom. The van der Waals surface area contributed by atoms with Gasteiger partial charge in [-0.3, -0.25) is 9.78 Å². The molecule has 0 radical (unpaired) electrons. The zero-order chi connectivity index (χ0) is 10.8. The molecule has 0 aliphatic carbocycles. The van der Waals surface area contributed by atoms with Gasteiger partial charge in [0.25, 0.3) is 0 Å². The van der Waals surface area contributed by atoms with E-state index < -0.39 is 24.3 Å². The molecule has 0 saturated heterocycles. The molecule has 1 heterocycles. The number of carboxylic acid groups (broad SMARTS) is 1. The molecular weight excluding hydrogens is 201 g/mol. The number of aliphatic carboxylic acids is 1. The lowest BCUT2D eigenvalue weighted by molar-refractivity contribution is -0.141. The van der Waals surface area contributed by atoms with Crippen LogP contribution < -0.4 is 0 Å². The Morgan fingerprint density at radius 2 is 2.00 bits per heavy atom. The topological polar surface area (TPSA) is 63.1 Å². The molecule has 0 fully saturated rings. The van der Waals surface area contributed by atoms with Crippen molar-refractivity contribution in [2.24, 2.45) is 0 Å². The highest BCUT2D eigenvalue weighted by Gasteiger charge is 2.32. The third kappa shape index (κ3) is 2.68. The van der Waals surface area contributed by atoms with Crippen LogP contribution in [0.4, 0.5) is 13.2 Å². The molecule has 0 aliphatic rings. The number of alkyl halides is 3.